The van der Waals surface area contributed by atoms with Crippen molar-refractivity contribution in [3.63, 3.8) is 0 Å². The van der Waals surface area contributed by atoms with Crippen molar-refractivity contribution >= 4 is 26.0 Å². The predicted molar refractivity (Wildman–Crippen MR) is 71.5 cm³/mol. The van der Waals surface area contributed by atoms with E-state index < -0.39 is 10.0 Å². The molecule has 1 aromatic rings. The van der Waals surface area contributed by atoms with Crippen LogP contribution in [0, 0.1) is 5.92 Å². The number of rotatable bonds is 5. The van der Waals surface area contributed by atoms with E-state index in [2.05, 4.69) is 15.9 Å². The van der Waals surface area contributed by atoms with Gasteiger partial charge in [0.2, 0.25) is 10.0 Å². The van der Waals surface area contributed by atoms with E-state index in [1.807, 2.05) is 0 Å². The Morgan fingerprint density at radius 3 is 2.67 bits per heavy atom. The predicted octanol–water partition coefficient (Wildman–Crippen LogP) is 1.92. The number of halogens is 1. The van der Waals surface area contributed by atoms with Crippen LogP contribution in [0.25, 0.3) is 0 Å². The lowest BCUT2D eigenvalue weighted by molar-refractivity contribution is 0.263. The van der Waals surface area contributed by atoms with Gasteiger partial charge in [-0.05, 0) is 34.7 Å². The van der Waals surface area contributed by atoms with Gasteiger partial charge in [-0.2, -0.15) is 0 Å². The summed E-state index contributed by atoms with van der Waals surface area (Å²) >= 11 is 3.13. The van der Waals surface area contributed by atoms with Gasteiger partial charge < -0.3 is 10.2 Å². The van der Waals surface area contributed by atoms with Crippen molar-refractivity contribution in [2.24, 2.45) is 11.7 Å². The van der Waals surface area contributed by atoms with Crippen LogP contribution in [0.2, 0.25) is 0 Å². The van der Waals surface area contributed by atoms with Crippen molar-refractivity contribution in [1.82, 2.24) is 4.31 Å². The normalized spacial score (nSPS) is 17.1. The first-order valence-electron chi connectivity index (χ1n) is 5.89. The molecule has 0 bridgehead atoms. The Morgan fingerprint density at radius 2 is 2.22 bits per heavy atom. The molecule has 0 atom stereocenters. The highest BCUT2D eigenvalue weighted by Gasteiger charge is 2.30. The highest BCUT2D eigenvalue weighted by atomic mass is 79.9. The van der Waals surface area contributed by atoms with E-state index in [1.165, 1.54) is 16.8 Å². The molecule has 5 nitrogen and oxygen atoms in total. The molecule has 0 unspecified atom stereocenters. The average Bonchev–Trinajstić information content (AvgIpc) is 2.65. The molecular weight excluding hydrogens is 320 g/mol. The van der Waals surface area contributed by atoms with Gasteiger partial charge in [0.05, 0.1) is 6.54 Å². The molecule has 2 rings (SSSR count). The van der Waals surface area contributed by atoms with Gasteiger partial charge in [0, 0.05) is 19.7 Å². The molecule has 1 aliphatic rings. The standard InChI is InChI=1S/C11H17BrN2O3S/c1-14(7-8-3-2-4-8)18(15,16)10-5-9(6-13)17-11(10)12/h5,8H,2-4,6-7,13H2,1H3. The third kappa shape index (κ3) is 2.64. The average molecular weight is 337 g/mol. The Balaban J connectivity index is 2.20. The van der Waals surface area contributed by atoms with E-state index in [9.17, 15) is 8.42 Å². The summed E-state index contributed by atoms with van der Waals surface area (Å²) in [6.07, 6.45) is 3.42. The van der Waals surface area contributed by atoms with Crippen molar-refractivity contribution in [1.29, 1.82) is 0 Å². The lowest BCUT2D eigenvalue weighted by atomic mass is 9.86. The van der Waals surface area contributed by atoms with Gasteiger partial charge >= 0.3 is 0 Å². The van der Waals surface area contributed by atoms with Crippen molar-refractivity contribution < 1.29 is 12.8 Å². The molecule has 0 aliphatic heterocycles. The Labute approximate surface area is 116 Å². The van der Waals surface area contributed by atoms with Crippen molar-refractivity contribution in [2.75, 3.05) is 13.6 Å². The molecule has 1 saturated carbocycles. The molecule has 0 saturated heterocycles. The molecule has 18 heavy (non-hydrogen) atoms. The summed E-state index contributed by atoms with van der Waals surface area (Å²) in [5.74, 6) is 0.946. The molecular formula is C11H17BrN2O3S. The van der Waals surface area contributed by atoms with Crippen LogP contribution in [0.1, 0.15) is 25.0 Å². The molecule has 0 spiro atoms. The second kappa shape index (κ2) is 5.32. The molecule has 7 heteroatoms. The van der Waals surface area contributed by atoms with Crippen molar-refractivity contribution in [3.05, 3.63) is 16.5 Å². The van der Waals surface area contributed by atoms with Crippen molar-refractivity contribution in [2.45, 2.75) is 30.7 Å². The lowest BCUT2D eigenvalue weighted by Gasteiger charge is -2.29. The second-order valence-corrected chi connectivity index (χ2v) is 7.37. The maximum absolute atomic E-state index is 12.4. The summed E-state index contributed by atoms with van der Waals surface area (Å²) in [6.45, 7) is 0.748. The number of sulfonamides is 1. The fourth-order valence-electron chi connectivity index (χ4n) is 1.98. The van der Waals surface area contributed by atoms with Gasteiger partial charge in [-0.25, -0.2) is 12.7 Å². The minimum absolute atomic E-state index is 0.157. The number of hydrogen-bond acceptors (Lipinski definition) is 4. The van der Waals surface area contributed by atoms with Crippen LogP contribution >= 0.6 is 15.9 Å². The first kappa shape index (κ1) is 14.0. The smallest absolute Gasteiger partial charge is 0.247 e. The van der Waals surface area contributed by atoms with E-state index in [0.29, 0.717) is 18.2 Å². The maximum Gasteiger partial charge on any atom is 0.247 e. The molecule has 102 valence electrons. The molecule has 0 aromatic carbocycles. The zero-order valence-electron chi connectivity index (χ0n) is 10.2. The molecule has 1 heterocycles. The van der Waals surface area contributed by atoms with Crippen LogP contribution < -0.4 is 5.73 Å². The first-order chi connectivity index (χ1) is 8.45. The Hall–Kier alpha value is -0.370. The number of nitrogens with zero attached hydrogens (tertiary/aromatic N) is 1. The lowest BCUT2D eigenvalue weighted by Crippen LogP contribution is -2.34. The SMILES string of the molecule is CN(CC1CCC1)S(=O)(=O)c1cc(CN)oc1Br. The van der Waals surface area contributed by atoms with Crippen LogP contribution in [0.3, 0.4) is 0 Å². The molecule has 1 aliphatic carbocycles. The minimum atomic E-state index is -3.49. The third-order valence-corrected chi connectivity index (χ3v) is 6.02. The monoisotopic (exact) mass is 336 g/mol. The van der Waals surface area contributed by atoms with Crippen LogP contribution in [-0.2, 0) is 16.6 Å². The molecule has 0 amide bonds. The zero-order chi connectivity index (χ0) is 13.3. The van der Waals surface area contributed by atoms with Crippen LogP contribution in [-0.4, -0.2) is 26.3 Å². The summed E-state index contributed by atoms with van der Waals surface area (Å²) in [6, 6.07) is 1.48. The van der Waals surface area contributed by atoms with Crippen molar-refractivity contribution in [3.8, 4) is 0 Å². The highest BCUT2D eigenvalue weighted by Crippen LogP contribution is 2.31. The summed E-state index contributed by atoms with van der Waals surface area (Å²) in [5, 5.41) is 0. The molecule has 2 N–H and O–H groups in total. The van der Waals surface area contributed by atoms with E-state index in [-0.39, 0.29) is 16.1 Å². The van der Waals surface area contributed by atoms with Gasteiger partial charge in [0.25, 0.3) is 0 Å². The fourth-order valence-corrected chi connectivity index (χ4v) is 4.18. The number of nitrogens with two attached hydrogens (primary N) is 1. The molecule has 1 aromatic heterocycles. The highest BCUT2D eigenvalue weighted by molar-refractivity contribution is 9.10. The Bertz CT molecular complexity index is 522. The van der Waals surface area contributed by atoms with Crippen LogP contribution in [0.4, 0.5) is 0 Å². The summed E-state index contributed by atoms with van der Waals surface area (Å²) < 4.78 is 31.6. The van der Waals surface area contributed by atoms with Gasteiger partial charge in [-0.15, -0.1) is 0 Å². The van der Waals surface area contributed by atoms with E-state index in [0.717, 1.165) is 12.8 Å². The third-order valence-electron chi connectivity index (χ3n) is 3.34. The van der Waals surface area contributed by atoms with Gasteiger partial charge in [0.15, 0.2) is 4.67 Å². The number of furan rings is 1. The summed E-state index contributed by atoms with van der Waals surface area (Å²) in [7, 11) is -1.89. The zero-order valence-corrected chi connectivity index (χ0v) is 12.6. The largest absolute Gasteiger partial charge is 0.452 e. The first-order valence-corrected chi connectivity index (χ1v) is 8.13. The Kier molecular flexibility index (Phi) is 4.15. The topological polar surface area (TPSA) is 76.5 Å². The Morgan fingerprint density at radius 1 is 1.56 bits per heavy atom. The number of hydrogen-bond donors (Lipinski definition) is 1. The minimum Gasteiger partial charge on any atom is -0.452 e. The maximum atomic E-state index is 12.4. The fraction of sp³-hybridized carbons (Fsp3) is 0.636. The van der Waals surface area contributed by atoms with Gasteiger partial charge in [-0.3, -0.25) is 0 Å². The molecule has 1 fully saturated rings. The summed E-state index contributed by atoms with van der Waals surface area (Å²) in [5.41, 5.74) is 5.44. The van der Waals surface area contributed by atoms with E-state index in [1.54, 1.807) is 7.05 Å². The quantitative estimate of drug-likeness (QED) is 0.891. The molecule has 0 radical (unpaired) electrons. The van der Waals surface area contributed by atoms with Crippen LogP contribution in [0.15, 0.2) is 20.0 Å². The van der Waals surface area contributed by atoms with Gasteiger partial charge in [-0.1, -0.05) is 6.42 Å². The second-order valence-electron chi connectivity index (χ2n) is 4.64. The van der Waals surface area contributed by atoms with Crippen LogP contribution in [0.5, 0.6) is 0 Å². The van der Waals surface area contributed by atoms with Gasteiger partial charge in [0.1, 0.15) is 10.7 Å². The summed E-state index contributed by atoms with van der Waals surface area (Å²) in [4.78, 5) is 0.157. The van der Waals surface area contributed by atoms with E-state index in [4.69, 9.17) is 10.2 Å². The van der Waals surface area contributed by atoms with E-state index >= 15 is 0 Å².